The Morgan fingerprint density at radius 2 is 1.71 bits per heavy atom. The minimum atomic E-state index is -5.86. The molecule has 0 aliphatic heterocycles. The Hall–Kier alpha value is -1.28. The highest BCUT2D eigenvalue weighted by Gasteiger charge is 2.71. The standard InChI is InChI=1S/C16H19F6NO/c1-3-11-12-6-5-10(8-9(12)4-7-13(11)23-2)14(24,15(17,18)19)16(20,21)22/h5-6,8,11,13,23-24H,3-4,7H2,1-2H3. The molecule has 2 unspecified atom stereocenters. The molecule has 1 aliphatic rings. The van der Waals surface area contributed by atoms with Crippen LogP contribution in [0.5, 0.6) is 0 Å². The smallest absolute Gasteiger partial charge is 0.369 e. The number of rotatable bonds is 3. The van der Waals surface area contributed by atoms with Crippen LogP contribution in [-0.4, -0.2) is 30.5 Å². The monoisotopic (exact) mass is 355 g/mol. The van der Waals surface area contributed by atoms with Crippen molar-refractivity contribution in [1.82, 2.24) is 5.32 Å². The number of aryl methyl sites for hydroxylation is 1. The number of likely N-dealkylation sites (N-methyl/N-ethyl adjacent to an activating group) is 1. The maximum absolute atomic E-state index is 13.0. The summed E-state index contributed by atoms with van der Waals surface area (Å²) in [6.45, 7) is 1.92. The van der Waals surface area contributed by atoms with Crippen molar-refractivity contribution in [2.75, 3.05) is 7.05 Å². The van der Waals surface area contributed by atoms with Gasteiger partial charge in [-0.3, -0.25) is 0 Å². The van der Waals surface area contributed by atoms with E-state index in [1.807, 2.05) is 6.92 Å². The van der Waals surface area contributed by atoms with Crippen molar-refractivity contribution in [2.45, 2.75) is 56.1 Å². The van der Waals surface area contributed by atoms with Gasteiger partial charge in [0.05, 0.1) is 0 Å². The quantitative estimate of drug-likeness (QED) is 0.803. The van der Waals surface area contributed by atoms with E-state index in [1.54, 1.807) is 7.05 Å². The Morgan fingerprint density at radius 1 is 1.12 bits per heavy atom. The number of nitrogens with one attached hydrogen (secondary N) is 1. The predicted molar refractivity (Wildman–Crippen MR) is 76.6 cm³/mol. The van der Waals surface area contributed by atoms with Crippen LogP contribution >= 0.6 is 0 Å². The van der Waals surface area contributed by atoms with Crippen LogP contribution in [0.3, 0.4) is 0 Å². The molecule has 0 spiro atoms. The van der Waals surface area contributed by atoms with Gasteiger partial charge in [0.1, 0.15) is 0 Å². The van der Waals surface area contributed by atoms with Gasteiger partial charge in [-0.2, -0.15) is 26.3 Å². The third kappa shape index (κ3) is 2.90. The predicted octanol–water partition coefficient (Wildman–Crippen LogP) is 4.03. The van der Waals surface area contributed by atoms with Crippen molar-refractivity contribution in [2.24, 2.45) is 0 Å². The van der Waals surface area contributed by atoms with E-state index >= 15 is 0 Å². The van der Waals surface area contributed by atoms with Crippen molar-refractivity contribution in [3.05, 3.63) is 34.9 Å². The van der Waals surface area contributed by atoms with Gasteiger partial charge in [-0.05, 0) is 43.4 Å². The number of alkyl halides is 6. The maximum atomic E-state index is 13.0. The molecule has 2 nitrogen and oxygen atoms in total. The summed E-state index contributed by atoms with van der Waals surface area (Å²) in [5.74, 6) is 0.0117. The number of aliphatic hydroxyl groups is 1. The van der Waals surface area contributed by atoms with Crippen LogP contribution in [0.25, 0.3) is 0 Å². The molecule has 0 saturated carbocycles. The van der Waals surface area contributed by atoms with Gasteiger partial charge in [-0.15, -0.1) is 0 Å². The van der Waals surface area contributed by atoms with Crippen LogP contribution in [0.2, 0.25) is 0 Å². The molecular formula is C16H19F6NO. The van der Waals surface area contributed by atoms with E-state index in [2.05, 4.69) is 5.32 Å². The number of benzene rings is 1. The largest absolute Gasteiger partial charge is 0.430 e. The lowest BCUT2D eigenvalue weighted by molar-refractivity contribution is -0.376. The molecule has 0 saturated heterocycles. The summed E-state index contributed by atoms with van der Waals surface area (Å²) in [7, 11) is 1.78. The first-order valence-electron chi connectivity index (χ1n) is 7.63. The summed E-state index contributed by atoms with van der Waals surface area (Å²) in [6, 6.07) is 2.99. The number of fused-ring (bicyclic) bond motifs is 1. The van der Waals surface area contributed by atoms with E-state index in [1.165, 1.54) is 6.07 Å². The lowest BCUT2D eigenvalue weighted by atomic mass is 9.76. The molecule has 0 heterocycles. The first-order valence-corrected chi connectivity index (χ1v) is 7.63. The minimum absolute atomic E-state index is 0.0117. The second kappa shape index (κ2) is 6.22. The molecule has 1 aromatic carbocycles. The fourth-order valence-electron chi connectivity index (χ4n) is 3.48. The van der Waals surface area contributed by atoms with Crippen LogP contribution in [0, 0.1) is 0 Å². The SMILES string of the molecule is CCC1c2ccc(C(O)(C(F)(F)F)C(F)(F)F)cc2CCC1NC. The van der Waals surface area contributed by atoms with Crippen molar-refractivity contribution in [3.8, 4) is 0 Å². The van der Waals surface area contributed by atoms with Crippen molar-refractivity contribution in [3.63, 3.8) is 0 Å². The molecular weight excluding hydrogens is 336 g/mol. The van der Waals surface area contributed by atoms with Crippen LogP contribution in [0.1, 0.15) is 42.4 Å². The molecule has 0 bridgehead atoms. The molecule has 24 heavy (non-hydrogen) atoms. The van der Waals surface area contributed by atoms with E-state index in [4.69, 9.17) is 0 Å². The Kier molecular flexibility index (Phi) is 4.94. The topological polar surface area (TPSA) is 32.3 Å². The summed E-state index contributed by atoms with van der Waals surface area (Å²) >= 11 is 0. The van der Waals surface area contributed by atoms with Gasteiger partial charge < -0.3 is 10.4 Å². The van der Waals surface area contributed by atoms with E-state index < -0.39 is 23.5 Å². The third-order valence-corrected chi connectivity index (χ3v) is 4.80. The fraction of sp³-hybridized carbons (Fsp3) is 0.625. The molecule has 0 fully saturated rings. The van der Waals surface area contributed by atoms with E-state index in [0.29, 0.717) is 24.8 Å². The second-order valence-corrected chi connectivity index (χ2v) is 6.07. The molecule has 1 aromatic rings. The van der Waals surface area contributed by atoms with Gasteiger partial charge in [0.25, 0.3) is 5.60 Å². The zero-order valence-electron chi connectivity index (χ0n) is 13.2. The Bertz CT molecular complexity index is 581. The lowest BCUT2D eigenvalue weighted by Crippen LogP contribution is -2.54. The fourth-order valence-corrected chi connectivity index (χ4v) is 3.48. The molecule has 0 radical (unpaired) electrons. The lowest BCUT2D eigenvalue weighted by Gasteiger charge is -2.36. The van der Waals surface area contributed by atoms with Crippen molar-refractivity contribution < 1.29 is 31.4 Å². The van der Waals surface area contributed by atoms with Crippen molar-refractivity contribution in [1.29, 1.82) is 0 Å². The summed E-state index contributed by atoms with van der Waals surface area (Å²) in [5.41, 5.74) is -4.88. The molecule has 8 heteroatoms. The van der Waals surface area contributed by atoms with Crippen LogP contribution in [0.4, 0.5) is 26.3 Å². The molecule has 2 rings (SSSR count). The van der Waals surface area contributed by atoms with Gasteiger partial charge in [0.15, 0.2) is 0 Å². The second-order valence-electron chi connectivity index (χ2n) is 6.07. The highest BCUT2D eigenvalue weighted by molar-refractivity contribution is 5.41. The first kappa shape index (κ1) is 19.1. The molecule has 1 aliphatic carbocycles. The molecule has 136 valence electrons. The Morgan fingerprint density at radius 3 is 2.17 bits per heavy atom. The maximum Gasteiger partial charge on any atom is 0.430 e. The summed E-state index contributed by atoms with van der Waals surface area (Å²) in [6.07, 6.45) is -10.0. The number of hydrogen-bond acceptors (Lipinski definition) is 2. The van der Waals surface area contributed by atoms with Crippen LogP contribution < -0.4 is 5.32 Å². The molecule has 0 aromatic heterocycles. The average molecular weight is 355 g/mol. The van der Waals surface area contributed by atoms with Crippen LogP contribution in [-0.2, 0) is 12.0 Å². The Labute approximate surface area is 135 Å². The van der Waals surface area contributed by atoms with Gasteiger partial charge in [0.2, 0.25) is 0 Å². The van der Waals surface area contributed by atoms with E-state index in [9.17, 15) is 31.4 Å². The summed E-state index contributed by atoms with van der Waals surface area (Å²) in [4.78, 5) is 0. The number of hydrogen-bond donors (Lipinski definition) is 2. The van der Waals surface area contributed by atoms with E-state index in [-0.39, 0.29) is 12.0 Å². The molecule has 2 atom stereocenters. The zero-order valence-corrected chi connectivity index (χ0v) is 13.2. The summed E-state index contributed by atoms with van der Waals surface area (Å²) < 4.78 is 78.0. The molecule has 0 amide bonds. The van der Waals surface area contributed by atoms with Crippen molar-refractivity contribution >= 4 is 0 Å². The first-order chi connectivity index (χ1) is 11.0. The van der Waals surface area contributed by atoms with Gasteiger partial charge in [-0.1, -0.05) is 25.1 Å². The number of halogens is 6. The Balaban J connectivity index is 2.55. The highest BCUT2D eigenvalue weighted by atomic mass is 19.4. The van der Waals surface area contributed by atoms with Crippen LogP contribution in [0.15, 0.2) is 18.2 Å². The minimum Gasteiger partial charge on any atom is -0.369 e. The van der Waals surface area contributed by atoms with Gasteiger partial charge in [0, 0.05) is 11.6 Å². The summed E-state index contributed by atoms with van der Waals surface area (Å²) in [5, 5.41) is 12.6. The molecule has 2 N–H and O–H groups in total. The van der Waals surface area contributed by atoms with Gasteiger partial charge in [-0.25, -0.2) is 0 Å². The third-order valence-electron chi connectivity index (χ3n) is 4.80. The van der Waals surface area contributed by atoms with E-state index in [0.717, 1.165) is 17.7 Å². The average Bonchev–Trinajstić information content (AvgIpc) is 2.49. The normalized spacial score (nSPS) is 22.4. The van der Waals surface area contributed by atoms with Gasteiger partial charge >= 0.3 is 12.4 Å². The zero-order chi connectivity index (χ0) is 18.3. The highest BCUT2D eigenvalue weighted by Crippen LogP contribution is 2.50.